The predicted molar refractivity (Wildman–Crippen MR) is 105 cm³/mol. The second kappa shape index (κ2) is 10.9. The average Bonchev–Trinajstić information content (AvgIpc) is 3.20. The topological polar surface area (TPSA) is 85.4 Å². The second-order valence-electron chi connectivity index (χ2n) is 7.46. The number of methoxy groups -OCH3 is 1. The van der Waals surface area contributed by atoms with E-state index in [9.17, 15) is 40.7 Å². The highest BCUT2D eigenvalue weighted by molar-refractivity contribution is 7.13. The Morgan fingerprint density at radius 3 is 2.03 bits per heavy atom. The van der Waals surface area contributed by atoms with Gasteiger partial charge in [-0.05, 0) is 31.9 Å². The number of hydrogen-bond donors (Lipinski definition) is 0. The van der Waals surface area contributed by atoms with Gasteiger partial charge in [0, 0.05) is 24.5 Å². The third kappa shape index (κ3) is 7.56. The van der Waals surface area contributed by atoms with E-state index in [0.29, 0.717) is 44.5 Å². The molecule has 1 aromatic rings. The SMILES string of the molecule is COC(=O)C(F)(F)F.Cc1ccc(C(=O)N2CCOC3(CCN(OC(=O)C(F)(F)F)CC3)C2)s1. The summed E-state index contributed by atoms with van der Waals surface area (Å²) in [4.78, 5) is 40.9. The maximum atomic E-state index is 12.6. The zero-order chi connectivity index (χ0) is 25.7. The van der Waals surface area contributed by atoms with Crippen LogP contribution in [0.2, 0.25) is 0 Å². The van der Waals surface area contributed by atoms with Crippen LogP contribution in [0.25, 0.3) is 0 Å². The first-order chi connectivity index (χ1) is 15.7. The van der Waals surface area contributed by atoms with E-state index in [1.54, 1.807) is 11.0 Å². The second-order valence-corrected chi connectivity index (χ2v) is 8.75. The van der Waals surface area contributed by atoms with Gasteiger partial charge >= 0.3 is 24.3 Å². The highest BCUT2D eigenvalue weighted by Crippen LogP contribution is 2.32. The number of piperidine rings is 1. The summed E-state index contributed by atoms with van der Waals surface area (Å²) in [5.41, 5.74) is -0.610. The van der Waals surface area contributed by atoms with Gasteiger partial charge in [-0.15, -0.1) is 16.4 Å². The molecule has 0 bridgehead atoms. The lowest BCUT2D eigenvalue weighted by atomic mass is 9.90. The van der Waals surface area contributed by atoms with Crippen LogP contribution in [-0.4, -0.2) is 85.7 Å². The fraction of sp³-hybridized carbons (Fsp3) is 0.632. The van der Waals surface area contributed by atoms with Gasteiger partial charge in [0.05, 0.1) is 30.7 Å². The highest BCUT2D eigenvalue weighted by Gasteiger charge is 2.46. The number of morpholine rings is 1. The molecule has 0 aromatic carbocycles. The van der Waals surface area contributed by atoms with E-state index < -0.39 is 29.9 Å². The van der Waals surface area contributed by atoms with Crippen LogP contribution in [0.3, 0.4) is 0 Å². The van der Waals surface area contributed by atoms with Gasteiger partial charge in [-0.1, -0.05) is 0 Å². The Morgan fingerprint density at radius 2 is 1.59 bits per heavy atom. The molecule has 15 heteroatoms. The standard InChI is InChI=1S/C16H19F3N2O4S.C3H3F3O2/c1-11-2-3-12(26-11)13(22)20-8-9-24-15(10-20)4-6-21(7-5-15)25-14(23)16(17,18)19;1-8-2(7)3(4,5)6/h2-3H,4-10H2,1H3;1H3. The van der Waals surface area contributed by atoms with Crippen molar-refractivity contribution in [3.8, 4) is 0 Å². The summed E-state index contributed by atoms with van der Waals surface area (Å²) in [5, 5.41) is 1.01. The van der Waals surface area contributed by atoms with Crippen LogP contribution in [0.1, 0.15) is 27.4 Å². The van der Waals surface area contributed by atoms with Gasteiger partial charge in [0.2, 0.25) is 0 Å². The van der Waals surface area contributed by atoms with Crippen LogP contribution in [0.15, 0.2) is 12.1 Å². The Kier molecular flexibility index (Phi) is 8.93. The molecule has 0 atom stereocenters. The van der Waals surface area contributed by atoms with Crippen LogP contribution in [-0.2, 0) is 23.9 Å². The zero-order valence-corrected chi connectivity index (χ0v) is 18.9. The van der Waals surface area contributed by atoms with E-state index in [0.717, 1.165) is 9.94 Å². The van der Waals surface area contributed by atoms with E-state index in [-0.39, 0.29) is 19.0 Å². The zero-order valence-electron chi connectivity index (χ0n) is 18.1. The number of aryl methyl sites for hydroxylation is 1. The van der Waals surface area contributed by atoms with Crippen LogP contribution >= 0.6 is 11.3 Å². The molecule has 1 aromatic heterocycles. The maximum absolute atomic E-state index is 12.6. The molecule has 2 aliphatic rings. The maximum Gasteiger partial charge on any atom is 0.492 e. The molecule has 34 heavy (non-hydrogen) atoms. The Labute approximate surface area is 194 Å². The number of hydroxylamine groups is 2. The number of carbonyl (C=O) groups excluding carboxylic acids is 3. The van der Waals surface area contributed by atoms with Crippen molar-refractivity contribution < 1.29 is 55.0 Å². The molecule has 0 aliphatic carbocycles. The number of ether oxygens (including phenoxy) is 2. The number of carbonyl (C=O) groups is 3. The molecule has 2 aliphatic heterocycles. The van der Waals surface area contributed by atoms with Crippen molar-refractivity contribution in [2.45, 2.75) is 37.7 Å². The molecular formula is C19H22F6N2O6S. The van der Waals surface area contributed by atoms with Crippen molar-refractivity contribution >= 4 is 29.2 Å². The lowest BCUT2D eigenvalue weighted by Gasteiger charge is -2.46. The van der Waals surface area contributed by atoms with Crippen molar-refractivity contribution in [3.63, 3.8) is 0 Å². The Hall–Kier alpha value is -2.39. The van der Waals surface area contributed by atoms with Gasteiger partial charge in [0.25, 0.3) is 5.91 Å². The van der Waals surface area contributed by atoms with Crippen LogP contribution < -0.4 is 0 Å². The summed E-state index contributed by atoms with van der Waals surface area (Å²) in [6.45, 7) is 3.41. The molecule has 8 nitrogen and oxygen atoms in total. The number of amides is 1. The average molecular weight is 520 g/mol. The Balaban J connectivity index is 0.000000440. The minimum Gasteiger partial charge on any atom is -0.462 e. The van der Waals surface area contributed by atoms with Crippen molar-refractivity contribution in [1.82, 2.24) is 9.96 Å². The number of halogens is 6. The summed E-state index contributed by atoms with van der Waals surface area (Å²) in [7, 11) is 0.676. The van der Waals surface area contributed by atoms with Crippen LogP contribution in [0.4, 0.5) is 26.3 Å². The fourth-order valence-corrected chi connectivity index (χ4v) is 4.13. The summed E-state index contributed by atoms with van der Waals surface area (Å²) in [5.74, 6) is -4.45. The number of esters is 1. The van der Waals surface area contributed by atoms with Crippen molar-refractivity contribution in [2.75, 3.05) is 39.9 Å². The van der Waals surface area contributed by atoms with Crippen LogP contribution in [0, 0.1) is 6.92 Å². The van der Waals surface area contributed by atoms with Gasteiger partial charge in [0.15, 0.2) is 0 Å². The molecule has 0 N–H and O–H groups in total. The minimum atomic E-state index is -5.02. The van der Waals surface area contributed by atoms with E-state index in [4.69, 9.17) is 4.74 Å². The lowest BCUT2D eigenvalue weighted by molar-refractivity contribution is -0.250. The van der Waals surface area contributed by atoms with Crippen molar-refractivity contribution in [3.05, 3.63) is 21.9 Å². The molecule has 1 spiro atoms. The number of thiophene rings is 1. The quantitative estimate of drug-likeness (QED) is 0.438. The van der Waals surface area contributed by atoms with Crippen LogP contribution in [0.5, 0.6) is 0 Å². The van der Waals surface area contributed by atoms with Gasteiger partial charge in [-0.2, -0.15) is 26.3 Å². The summed E-state index contributed by atoms with van der Waals surface area (Å²) >= 11 is 1.43. The van der Waals surface area contributed by atoms with Crippen molar-refractivity contribution in [1.29, 1.82) is 0 Å². The largest absolute Gasteiger partial charge is 0.492 e. The Morgan fingerprint density at radius 1 is 1.00 bits per heavy atom. The molecule has 2 saturated heterocycles. The van der Waals surface area contributed by atoms with E-state index in [1.807, 2.05) is 13.0 Å². The normalized spacial score (nSPS) is 18.6. The molecule has 0 unspecified atom stereocenters. The smallest absolute Gasteiger partial charge is 0.462 e. The van der Waals surface area contributed by atoms with E-state index in [2.05, 4.69) is 9.57 Å². The molecule has 3 rings (SSSR count). The number of rotatable bonds is 2. The van der Waals surface area contributed by atoms with Gasteiger partial charge in [-0.25, -0.2) is 9.59 Å². The highest BCUT2D eigenvalue weighted by atomic mass is 32.1. The molecular weight excluding hydrogens is 498 g/mol. The molecule has 3 heterocycles. The first-order valence-corrected chi connectivity index (χ1v) is 10.7. The molecule has 0 radical (unpaired) electrons. The predicted octanol–water partition coefficient (Wildman–Crippen LogP) is 3.11. The van der Waals surface area contributed by atoms with Gasteiger partial charge in [0.1, 0.15) is 0 Å². The van der Waals surface area contributed by atoms with Crippen molar-refractivity contribution in [2.24, 2.45) is 0 Å². The molecule has 192 valence electrons. The summed E-state index contributed by atoms with van der Waals surface area (Å²) in [6, 6.07) is 3.69. The first-order valence-electron chi connectivity index (χ1n) is 9.86. The number of alkyl halides is 6. The third-order valence-electron chi connectivity index (χ3n) is 4.98. The number of nitrogens with zero attached hydrogens (tertiary/aromatic N) is 2. The Bertz CT molecular complexity index is 879. The third-order valence-corrected chi connectivity index (χ3v) is 5.97. The first kappa shape index (κ1) is 27.9. The monoisotopic (exact) mass is 520 g/mol. The van der Waals surface area contributed by atoms with Gasteiger partial charge in [-0.3, -0.25) is 4.79 Å². The minimum absolute atomic E-state index is 0.0586. The summed E-state index contributed by atoms with van der Waals surface area (Å²) in [6.07, 6.45) is -9.11. The fourth-order valence-electron chi connectivity index (χ4n) is 3.30. The molecule has 0 saturated carbocycles. The molecule has 1 amide bonds. The summed E-state index contributed by atoms with van der Waals surface area (Å²) < 4.78 is 79.0. The lowest BCUT2D eigenvalue weighted by Crippen LogP contribution is -2.58. The van der Waals surface area contributed by atoms with Gasteiger partial charge < -0.3 is 19.2 Å². The molecule has 2 fully saturated rings. The number of hydrogen-bond acceptors (Lipinski definition) is 8. The van der Waals surface area contributed by atoms with E-state index >= 15 is 0 Å². The van der Waals surface area contributed by atoms with E-state index in [1.165, 1.54) is 11.3 Å².